The molecule has 0 atom stereocenters. The third-order valence-corrected chi connectivity index (χ3v) is 3.59. The smallest absolute Gasteiger partial charge is 0.250 e. The van der Waals surface area contributed by atoms with Crippen molar-refractivity contribution in [2.75, 3.05) is 24.3 Å². The van der Waals surface area contributed by atoms with Crippen LogP contribution in [-0.2, 0) is 6.42 Å². The van der Waals surface area contributed by atoms with E-state index in [1.54, 1.807) is 6.07 Å². The van der Waals surface area contributed by atoms with Crippen LogP contribution in [0.1, 0.15) is 18.2 Å². The number of aryl methyl sites for hydroxylation is 1. The highest BCUT2D eigenvalue weighted by Crippen LogP contribution is 2.32. The largest absolute Gasteiger partial charge is 0.386 e. The predicted molar refractivity (Wildman–Crippen MR) is 85.2 cm³/mol. The van der Waals surface area contributed by atoms with Crippen LogP contribution >= 0.6 is 0 Å². The molecule has 4 nitrogen and oxygen atoms in total. The molecule has 1 aromatic heterocycles. The summed E-state index contributed by atoms with van der Waals surface area (Å²) in [6.45, 7) is 4.05. The maximum atomic E-state index is 11.8. The van der Waals surface area contributed by atoms with Crippen LogP contribution in [0.5, 0.6) is 0 Å². The van der Waals surface area contributed by atoms with E-state index in [1.807, 2.05) is 45.3 Å². The third-order valence-electron chi connectivity index (χ3n) is 3.59. The van der Waals surface area contributed by atoms with Crippen molar-refractivity contribution >= 4 is 17.1 Å². The third kappa shape index (κ3) is 2.54. The van der Waals surface area contributed by atoms with Crippen molar-refractivity contribution in [3.63, 3.8) is 0 Å². The molecular weight excluding hydrogens is 250 g/mol. The summed E-state index contributed by atoms with van der Waals surface area (Å²) < 4.78 is 0. The van der Waals surface area contributed by atoms with Crippen LogP contribution in [0.2, 0.25) is 0 Å². The lowest BCUT2D eigenvalue weighted by Crippen LogP contribution is -2.19. The number of anilines is 3. The molecule has 106 valence electrons. The van der Waals surface area contributed by atoms with Gasteiger partial charge in [0.25, 0.3) is 0 Å². The van der Waals surface area contributed by atoms with Crippen molar-refractivity contribution < 1.29 is 0 Å². The summed E-state index contributed by atoms with van der Waals surface area (Å²) in [5.41, 5.74) is 5.08. The van der Waals surface area contributed by atoms with Gasteiger partial charge in [-0.2, -0.15) is 0 Å². The van der Waals surface area contributed by atoms with Crippen molar-refractivity contribution in [1.29, 1.82) is 0 Å². The first-order chi connectivity index (χ1) is 9.58. The summed E-state index contributed by atoms with van der Waals surface area (Å²) in [5.74, 6) is 0. The average Bonchev–Trinajstić information content (AvgIpc) is 2.45. The second-order valence-electron chi connectivity index (χ2n) is 4.80. The number of aromatic nitrogens is 1. The van der Waals surface area contributed by atoms with E-state index in [0.29, 0.717) is 0 Å². The summed E-state index contributed by atoms with van der Waals surface area (Å²) in [6, 6.07) is 9.73. The van der Waals surface area contributed by atoms with Gasteiger partial charge in [-0.05, 0) is 31.0 Å². The zero-order chi connectivity index (χ0) is 14.7. The van der Waals surface area contributed by atoms with Gasteiger partial charge < -0.3 is 15.2 Å². The lowest BCUT2D eigenvalue weighted by molar-refractivity contribution is 1.00. The van der Waals surface area contributed by atoms with E-state index in [-0.39, 0.29) is 5.56 Å². The monoisotopic (exact) mass is 271 g/mol. The van der Waals surface area contributed by atoms with Crippen LogP contribution in [0.3, 0.4) is 0 Å². The lowest BCUT2D eigenvalue weighted by Gasteiger charge is -2.25. The fraction of sp³-hybridized carbons (Fsp3) is 0.312. The number of nitrogens with one attached hydrogen (secondary N) is 2. The number of H-pyrrole nitrogens is 1. The standard InChI is InChI=1S/C16H21N3O/c1-5-12-11(2)18-16(20)10-15(12)19(4)14-9-7-6-8-13(14)17-3/h6-10,17H,5H2,1-4H3,(H,18,20). The Hall–Kier alpha value is -2.23. The van der Waals surface area contributed by atoms with Crippen LogP contribution in [-0.4, -0.2) is 19.1 Å². The first-order valence-corrected chi connectivity index (χ1v) is 6.81. The minimum atomic E-state index is -0.0662. The Kier molecular flexibility index (Phi) is 4.13. The van der Waals surface area contributed by atoms with Crippen LogP contribution in [0.25, 0.3) is 0 Å². The molecule has 1 aromatic carbocycles. The number of pyridine rings is 1. The van der Waals surface area contributed by atoms with Crippen LogP contribution in [0, 0.1) is 6.92 Å². The van der Waals surface area contributed by atoms with Gasteiger partial charge in [-0.3, -0.25) is 4.79 Å². The fourth-order valence-corrected chi connectivity index (χ4v) is 2.55. The van der Waals surface area contributed by atoms with Gasteiger partial charge in [0.15, 0.2) is 0 Å². The Morgan fingerprint density at radius 2 is 1.95 bits per heavy atom. The van der Waals surface area contributed by atoms with Gasteiger partial charge in [0.05, 0.1) is 17.1 Å². The number of aromatic amines is 1. The quantitative estimate of drug-likeness (QED) is 0.898. The van der Waals surface area contributed by atoms with E-state index in [1.165, 1.54) is 0 Å². The SMILES string of the molecule is CCc1c(N(C)c2ccccc2NC)cc(=O)[nH]c1C. The molecule has 2 N–H and O–H groups in total. The van der Waals surface area contributed by atoms with Crippen molar-refractivity contribution in [1.82, 2.24) is 4.98 Å². The zero-order valence-electron chi connectivity index (χ0n) is 12.4. The molecule has 1 heterocycles. The number of rotatable bonds is 4. The molecular formula is C16H21N3O. The molecule has 4 heteroatoms. The molecule has 0 spiro atoms. The second-order valence-corrected chi connectivity index (χ2v) is 4.80. The van der Waals surface area contributed by atoms with E-state index < -0.39 is 0 Å². The van der Waals surface area contributed by atoms with Crippen molar-refractivity contribution in [2.45, 2.75) is 20.3 Å². The van der Waals surface area contributed by atoms with Crippen molar-refractivity contribution in [3.05, 3.63) is 51.9 Å². The predicted octanol–water partition coefficient (Wildman–Crippen LogP) is 3.06. The van der Waals surface area contributed by atoms with E-state index in [2.05, 4.69) is 22.1 Å². The van der Waals surface area contributed by atoms with Gasteiger partial charge >= 0.3 is 0 Å². The Labute approximate surface area is 119 Å². The molecule has 0 amide bonds. The maximum absolute atomic E-state index is 11.8. The van der Waals surface area contributed by atoms with Crippen LogP contribution in [0.4, 0.5) is 17.1 Å². The molecule has 0 aliphatic rings. The number of para-hydroxylation sites is 2. The molecule has 2 rings (SSSR count). The zero-order valence-corrected chi connectivity index (χ0v) is 12.4. The summed E-state index contributed by atoms with van der Waals surface area (Å²) in [7, 11) is 3.89. The van der Waals surface area contributed by atoms with E-state index in [4.69, 9.17) is 0 Å². The van der Waals surface area contributed by atoms with Crippen molar-refractivity contribution in [3.8, 4) is 0 Å². The Balaban J connectivity index is 2.58. The molecule has 20 heavy (non-hydrogen) atoms. The summed E-state index contributed by atoms with van der Waals surface area (Å²) in [6.07, 6.45) is 0.879. The second kappa shape index (κ2) is 5.82. The molecule has 0 bridgehead atoms. The average molecular weight is 271 g/mol. The molecule has 2 aromatic rings. The Morgan fingerprint density at radius 3 is 2.60 bits per heavy atom. The normalized spacial score (nSPS) is 10.4. The molecule has 0 unspecified atom stereocenters. The first-order valence-electron chi connectivity index (χ1n) is 6.81. The highest BCUT2D eigenvalue weighted by molar-refractivity contribution is 5.77. The van der Waals surface area contributed by atoms with Crippen LogP contribution < -0.4 is 15.8 Å². The minimum Gasteiger partial charge on any atom is -0.386 e. The van der Waals surface area contributed by atoms with Gasteiger partial charge in [-0.15, -0.1) is 0 Å². The highest BCUT2D eigenvalue weighted by Gasteiger charge is 2.14. The van der Waals surface area contributed by atoms with E-state index in [9.17, 15) is 4.79 Å². The van der Waals surface area contributed by atoms with Crippen molar-refractivity contribution in [2.24, 2.45) is 0 Å². The number of nitrogens with zero attached hydrogens (tertiary/aromatic N) is 1. The first kappa shape index (κ1) is 14.2. The number of hydrogen-bond donors (Lipinski definition) is 2. The lowest BCUT2D eigenvalue weighted by atomic mass is 10.1. The minimum absolute atomic E-state index is 0.0662. The van der Waals surface area contributed by atoms with Gasteiger partial charge in [0.1, 0.15) is 0 Å². The molecule has 0 fully saturated rings. The molecule has 0 aliphatic carbocycles. The van der Waals surface area contributed by atoms with E-state index in [0.717, 1.165) is 34.7 Å². The summed E-state index contributed by atoms with van der Waals surface area (Å²) in [4.78, 5) is 16.7. The van der Waals surface area contributed by atoms with Gasteiger partial charge in [-0.25, -0.2) is 0 Å². The Morgan fingerprint density at radius 1 is 1.25 bits per heavy atom. The molecule has 0 saturated carbocycles. The molecule has 0 radical (unpaired) electrons. The Bertz CT molecular complexity index is 661. The number of hydrogen-bond acceptors (Lipinski definition) is 3. The van der Waals surface area contributed by atoms with Gasteiger partial charge in [0, 0.05) is 25.9 Å². The fourth-order valence-electron chi connectivity index (χ4n) is 2.55. The maximum Gasteiger partial charge on any atom is 0.250 e. The molecule has 0 saturated heterocycles. The highest BCUT2D eigenvalue weighted by atomic mass is 16.1. The summed E-state index contributed by atoms with van der Waals surface area (Å²) >= 11 is 0. The van der Waals surface area contributed by atoms with Gasteiger partial charge in [0.2, 0.25) is 5.56 Å². The van der Waals surface area contributed by atoms with Gasteiger partial charge in [-0.1, -0.05) is 19.1 Å². The van der Waals surface area contributed by atoms with Crippen LogP contribution in [0.15, 0.2) is 35.1 Å². The number of benzene rings is 1. The van der Waals surface area contributed by atoms with E-state index >= 15 is 0 Å². The topological polar surface area (TPSA) is 48.1 Å². The molecule has 0 aliphatic heterocycles. The summed E-state index contributed by atoms with van der Waals surface area (Å²) in [5, 5.41) is 3.19.